The van der Waals surface area contributed by atoms with Gasteiger partial charge in [0, 0.05) is 12.1 Å². The SMILES string of the molecule is COc1cc(COC(=O)/C=C/c2ccccc2[N+](=O)[O-])c([N+](=O)[O-])cc1OC(F)F. The highest BCUT2D eigenvalue weighted by Gasteiger charge is 2.22. The van der Waals surface area contributed by atoms with Crippen molar-refractivity contribution in [2.24, 2.45) is 0 Å². The number of hydrogen-bond donors (Lipinski definition) is 0. The highest BCUT2D eigenvalue weighted by Crippen LogP contribution is 2.36. The number of halogens is 2. The Kier molecular flexibility index (Phi) is 7.33. The molecule has 0 radical (unpaired) electrons. The van der Waals surface area contributed by atoms with E-state index in [4.69, 9.17) is 9.47 Å². The fourth-order valence-electron chi connectivity index (χ4n) is 2.37. The van der Waals surface area contributed by atoms with Gasteiger partial charge in [0.15, 0.2) is 11.5 Å². The number of nitro groups is 2. The highest BCUT2D eigenvalue weighted by molar-refractivity contribution is 5.88. The molecule has 0 saturated carbocycles. The molecule has 158 valence electrons. The Labute approximate surface area is 167 Å². The summed E-state index contributed by atoms with van der Waals surface area (Å²) in [5, 5.41) is 22.2. The zero-order chi connectivity index (χ0) is 22.3. The van der Waals surface area contributed by atoms with E-state index in [0.717, 1.165) is 31.4 Å². The van der Waals surface area contributed by atoms with Crippen molar-refractivity contribution in [3.05, 3.63) is 73.8 Å². The van der Waals surface area contributed by atoms with Gasteiger partial charge < -0.3 is 14.2 Å². The lowest BCUT2D eigenvalue weighted by molar-refractivity contribution is -0.386. The van der Waals surface area contributed by atoms with Gasteiger partial charge >= 0.3 is 12.6 Å². The summed E-state index contributed by atoms with van der Waals surface area (Å²) in [6.07, 6.45) is 2.08. The van der Waals surface area contributed by atoms with Crippen molar-refractivity contribution >= 4 is 23.4 Å². The van der Waals surface area contributed by atoms with E-state index in [0.29, 0.717) is 0 Å². The third kappa shape index (κ3) is 5.70. The number of methoxy groups -OCH3 is 1. The Morgan fingerprint density at radius 2 is 1.77 bits per heavy atom. The van der Waals surface area contributed by atoms with Crippen LogP contribution in [0.5, 0.6) is 11.5 Å². The second kappa shape index (κ2) is 9.91. The minimum absolute atomic E-state index is 0.133. The van der Waals surface area contributed by atoms with Crippen molar-refractivity contribution in [2.75, 3.05) is 7.11 Å². The van der Waals surface area contributed by atoms with Gasteiger partial charge in [-0.3, -0.25) is 20.2 Å². The van der Waals surface area contributed by atoms with Crippen LogP contribution in [0.15, 0.2) is 42.5 Å². The predicted octanol–water partition coefficient (Wildman–Crippen LogP) is 3.87. The summed E-state index contributed by atoms with van der Waals surface area (Å²) in [5.41, 5.74) is -0.829. The minimum Gasteiger partial charge on any atom is -0.493 e. The van der Waals surface area contributed by atoms with E-state index < -0.39 is 40.5 Å². The molecule has 0 saturated heterocycles. The van der Waals surface area contributed by atoms with Gasteiger partial charge in [-0.15, -0.1) is 0 Å². The van der Waals surface area contributed by atoms with Crippen LogP contribution in [0.3, 0.4) is 0 Å². The van der Waals surface area contributed by atoms with E-state index in [1.54, 1.807) is 0 Å². The average Bonchev–Trinajstić information content (AvgIpc) is 2.70. The van der Waals surface area contributed by atoms with E-state index in [1.165, 1.54) is 24.3 Å². The number of hydrogen-bond acceptors (Lipinski definition) is 8. The van der Waals surface area contributed by atoms with Crippen LogP contribution < -0.4 is 9.47 Å². The standard InChI is InChI=1S/C18H14F2N2O8/c1-28-15-8-12(14(22(26)27)9-16(15)30-18(19)20)10-29-17(23)7-6-11-4-2-3-5-13(11)21(24)25/h2-9,18H,10H2,1H3/b7-6+. The molecule has 10 nitrogen and oxygen atoms in total. The number of nitro benzene ring substituents is 2. The Bertz CT molecular complexity index is 994. The fourth-order valence-corrected chi connectivity index (χ4v) is 2.37. The first kappa shape index (κ1) is 22.2. The average molecular weight is 424 g/mol. The molecule has 0 unspecified atom stereocenters. The molecule has 0 aromatic heterocycles. The Morgan fingerprint density at radius 1 is 1.10 bits per heavy atom. The maximum absolute atomic E-state index is 12.5. The largest absolute Gasteiger partial charge is 0.493 e. The number of rotatable bonds is 9. The summed E-state index contributed by atoms with van der Waals surface area (Å²) in [6, 6.07) is 7.44. The number of nitrogens with zero attached hydrogens (tertiary/aromatic N) is 2. The first-order chi connectivity index (χ1) is 14.2. The van der Waals surface area contributed by atoms with Gasteiger partial charge in [-0.1, -0.05) is 12.1 Å². The first-order valence-electron chi connectivity index (χ1n) is 8.11. The van der Waals surface area contributed by atoms with Crippen LogP contribution in [0.2, 0.25) is 0 Å². The Morgan fingerprint density at radius 3 is 2.37 bits per heavy atom. The van der Waals surface area contributed by atoms with Gasteiger partial charge in [0.05, 0.1) is 34.1 Å². The third-order valence-electron chi connectivity index (χ3n) is 3.68. The molecule has 0 spiro atoms. The molecule has 0 fully saturated rings. The first-order valence-corrected chi connectivity index (χ1v) is 8.11. The molecule has 2 aromatic carbocycles. The molecule has 12 heteroatoms. The molecule has 0 heterocycles. The molecular weight excluding hydrogens is 410 g/mol. The molecule has 0 aliphatic carbocycles. The van der Waals surface area contributed by atoms with Crippen LogP contribution in [0.1, 0.15) is 11.1 Å². The summed E-state index contributed by atoms with van der Waals surface area (Å²) in [5.74, 6) is -1.71. The molecule has 0 aliphatic heterocycles. The predicted molar refractivity (Wildman–Crippen MR) is 98.2 cm³/mol. The van der Waals surface area contributed by atoms with Crippen LogP contribution in [-0.2, 0) is 16.1 Å². The lowest BCUT2D eigenvalue weighted by Gasteiger charge is -2.12. The topological polar surface area (TPSA) is 131 Å². The third-order valence-corrected chi connectivity index (χ3v) is 3.68. The van der Waals surface area contributed by atoms with E-state index in [2.05, 4.69) is 4.74 Å². The number of esters is 1. The molecule has 30 heavy (non-hydrogen) atoms. The monoisotopic (exact) mass is 424 g/mol. The highest BCUT2D eigenvalue weighted by atomic mass is 19.3. The number of benzene rings is 2. The van der Waals surface area contributed by atoms with Crippen molar-refractivity contribution < 1.29 is 37.6 Å². The quantitative estimate of drug-likeness (QED) is 0.257. The van der Waals surface area contributed by atoms with Gasteiger partial charge in [-0.25, -0.2) is 4.79 Å². The molecule has 0 bridgehead atoms. The lowest BCUT2D eigenvalue weighted by Crippen LogP contribution is -2.07. The number of carbonyl (C=O) groups excluding carboxylic acids is 1. The summed E-state index contributed by atoms with van der Waals surface area (Å²) < 4.78 is 38.9. The van der Waals surface area contributed by atoms with Crippen LogP contribution in [-0.4, -0.2) is 29.5 Å². The summed E-state index contributed by atoms with van der Waals surface area (Å²) in [6.45, 7) is -3.81. The second-order valence-corrected chi connectivity index (χ2v) is 5.52. The molecular formula is C18H14F2N2O8. The molecule has 2 aromatic rings. The van der Waals surface area contributed by atoms with E-state index >= 15 is 0 Å². The smallest absolute Gasteiger partial charge is 0.387 e. The number of para-hydroxylation sites is 1. The fraction of sp³-hybridized carbons (Fsp3) is 0.167. The van der Waals surface area contributed by atoms with E-state index in [-0.39, 0.29) is 22.6 Å². The maximum Gasteiger partial charge on any atom is 0.387 e. The maximum atomic E-state index is 12.5. The molecule has 2 rings (SSSR count). The van der Waals surface area contributed by atoms with Crippen LogP contribution in [0, 0.1) is 20.2 Å². The van der Waals surface area contributed by atoms with Crippen molar-refractivity contribution in [2.45, 2.75) is 13.2 Å². The number of ether oxygens (including phenoxy) is 3. The van der Waals surface area contributed by atoms with E-state index in [9.17, 15) is 33.8 Å². The van der Waals surface area contributed by atoms with Crippen molar-refractivity contribution in [1.29, 1.82) is 0 Å². The zero-order valence-corrected chi connectivity index (χ0v) is 15.3. The second-order valence-electron chi connectivity index (χ2n) is 5.52. The van der Waals surface area contributed by atoms with Crippen molar-refractivity contribution in [3.63, 3.8) is 0 Å². The number of alkyl halides is 2. The van der Waals surface area contributed by atoms with Crippen LogP contribution >= 0.6 is 0 Å². The molecule has 0 atom stereocenters. The summed E-state index contributed by atoms with van der Waals surface area (Å²) in [7, 11) is 1.14. The minimum atomic E-state index is -3.23. The molecule has 0 aliphatic rings. The van der Waals surface area contributed by atoms with Gasteiger partial charge in [-0.2, -0.15) is 8.78 Å². The van der Waals surface area contributed by atoms with Gasteiger partial charge in [-0.05, 0) is 18.2 Å². The molecule has 0 amide bonds. The van der Waals surface area contributed by atoms with Gasteiger partial charge in [0.25, 0.3) is 11.4 Å². The van der Waals surface area contributed by atoms with Crippen LogP contribution in [0.4, 0.5) is 20.2 Å². The van der Waals surface area contributed by atoms with Crippen molar-refractivity contribution in [3.8, 4) is 11.5 Å². The van der Waals surface area contributed by atoms with Crippen LogP contribution in [0.25, 0.3) is 6.08 Å². The normalized spacial score (nSPS) is 10.8. The lowest BCUT2D eigenvalue weighted by atomic mass is 10.1. The summed E-state index contributed by atoms with van der Waals surface area (Å²) >= 11 is 0. The Balaban J connectivity index is 2.19. The van der Waals surface area contributed by atoms with Gasteiger partial charge in [0.1, 0.15) is 6.61 Å². The van der Waals surface area contributed by atoms with E-state index in [1.807, 2.05) is 0 Å². The molecule has 0 N–H and O–H groups in total. The van der Waals surface area contributed by atoms with Crippen molar-refractivity contribution in [1.82, 2.24) is 0 Å². The Hall–Kier alpha value is -4.09. The van der Waals surface area contributed by atoms with Gasteiger partial charge in [0.2, 0.25) is 0 Å². The summed E-state index contributed by atoms with van der Waals surface area (Å²) in [4.78, 5) is 32.6. The zero-order valence-electron chi connectivity index (χ0n) is 15.3. The number of carbonyl (C=O) groups is 1.